The Bertz CT molecular complexity index is 1180. The quantitative estimate of drug-likeness (QED) is 0.196. The van der Waals surface area contributed by atoms with Gasteiger partial charge in [0.15, 0.2) is 6.61 Å². The van der Waals surface area contributed by atoms with Gasteiger partial charge in [0.05, 0.1) is 11.4 Å². The van der Waals surface area contributed by atoms with Crippen LogP contribution in [0.5, 0.6) is 5.88 Å². The lowest BCUT2D eigenvalue weighted by atomic mass is 9.97. The van der Waals surface area contributed by atoms with Gasteiger partial charge in [0, 0.05) is 23.9 Å². The van der Waals surface area contributed by atoms with E-state index in [4.69, 9.17) is 15.5 Å². The molecule has 1 heterocycles. The number of pyridine rings is 1. The molecule has 1 amide bonds. The number of ether oxygens (including phenoxy) is 1. The summed E-state index contributed by atoms with van der Waals surface area (Å²) in [4.78, 5) is 28.7. The molecular weight excluding hydrogens is 508 g/mol. The van der Waals surface area contributed by atoms with E-state index in [1.807, 2.05) is 73.0 Å². The maximum atomic E-state index is 12.5. The second kappa shape index (κ2) is 14.5. The number of hydrogen-bond acceptors (Lipinski definition) is 8. The van der Waals surface area contributed by atoms with Gasteiger partial charge >= 0.3 is 5.97 Å². The van der Waals surface area contributed by atoms with Gasteiger partial charge in [0.25, 0.3) is 5.91 Å². The molecule has 0 aliphatic rings. The standard InChI is InChI=1S/C27H32N4O4S2/c1-37-14-13-24(27(33)34)30-25(32)16-35-26-23(29-15-19(28)17-36)12-11-22(31-26)21-10-6-5-9-20(21)18-7-3-2-4-8-18/h2-12,19,24,29,36H,13-17,28H2,1H3,(H,30,32)(H,33,34). The summed E-state index contributed by atoms with van der Waals surface area (Å²) in [5, 5.41) is 15.1. The third kappa shape index (κ3) is 8.41. The zero-order chi connectivity index (χ0) is 26.6. The van der Waals surface area contributed by atoms with Crippen molar-refractivity contribution in [2.45, 2.75) is 18.5 Å². The molecule has 2 atom stereocenters. The molecule has 3 rings (SSSR count). The molecule has 2 unspecified atom stereocenters. The van der Waals surface area contributed by atoms with Crippen LogP contribution in [0.25, 0.3) is 22.4 Å². The van der Waals surface area contributed by atoms with Gasteiger partial charge in [0.2, 0.25) is 5.88 Å². The SMILES string of the molecule is CSCCC(NC(=O)COc1nc(-c2ccccc2-c2ccccc2)ccc1NCC(N)CS)C(=O)O. The first-order chi connectivity index (χ1) is 17.9. The smallest absolute Gasteiger partial charge is 0.326 e. The monoisotopic (exact) mass is 540 g/mol. The van der Waals surface area contributed by atoms with Crippen molar-refractivity contribution < 1.29 is 19.4 Å². The molecule has 0 bridgehead atoms. The number of benzene rings is 2. The Morgan fingerprint density at radius 2 is 1.78 bits per heavy atom. The number of rotatable bonds is 14. The summed E-state index contributed by atoms with van der Waals surface area (Å²) in [6.07, 6.45) is 2.20. The highest BCUT2D eigenvalue weighted by molar-refractivity contribution is 7.98. The molecule has 0 aliphatic carbocycles. The summed E-state index contributed by atoms with van der Waals surface area (Å²) in [5.74, 6) is -0.291. The predicted octanol–water partition coefficient (Wildman–Crippen LogP) is 3.79. The number of thiol groups is 1. The Labute approximate surface area is 226 Å². The van der Waals surface area contributed by atoms with Gasteiger partial charge in [-0.1, -0.05) is 54.6 Å². The lowest BCUT2D eigenvalue weighted by Gasteiger charge is -2.18. The van der Waals surface area contributed by atoms with Crippen LogP contribution in [0.15, 0.2) is 66.7 Å². The van der Waals surface area contributed by atoms with E-state index < -0.39 is 17.9 Å². The molecule has 37 heavy (non-hydrogen) atoms. The fraction of sp³-hybridized carbons (Fsp3) is 0.296. The summed E-state index contributed by atoms with van der Waals surface area (Å²) in [6, 6.07) is 20.5. The zero-order valence-electron chi connectivity index (χ0n) is 20.6. The molecular formula is C27H32N4O4S2. The van der Waals surface area contributed by atoms with Crippen LogP contribution in [0.3, 0.4) is 0 Å². The number of nitrogens with one attached hydrogen (secondary N) is 2. The van der Waals surface area contributed by atoms with Crippen molar-refractivity contribution in [3.8, 4) is 28.3 Å². The van der Waals surface area contributed by atoms with E-state index in [-0.39, 0.29) is 18.5 Å². The van der Waals surface area contributed by atoms with Gasteiger partial charge in [-0.3, -0.25) is 4.79 Å². The predicted molar refractivity (Wildman–Crippen MR) is 153 cm³/mol. The first-order valence-electron chi connectivity index (χ1n) is 11.8. The van der Waals surface area contributed by atoms with Crippen LogP contribution in [0.2, 0.25) is 0 Å². The van der Waals surface area contributed by atoms with E-state index in [1.54, 1.807) is 0 Å². The van der Waals surface area contributed by atoms with Crippen molar-refractivity contribution in [2.24, 2.45) is 5.73 Å². The maximum absolute atomic E-state index is 12.5. The zero-order valence-corrected chi connectivity index (χ0v) is 22.3. The van der Waals surface area contributed by atoms with Gasteiger partial charge in [-0.05, 0) is 41.7 Å². The number of carboxylic acids is 1. The Kier molecular flexibility index (Phi) is 11.1. The number of carboxylic acid groups (broad SMARTS) is 1. The number of thioether (sulfide) groups is 1. The molecule has 0 saturated carbocycles. The van der Waals surface area contributed by atoms with Crippen molar-refractivity contribution >= 4 is 42.0 Å². The van der Waals surface area contributed by atoms with E-state index in [1.165, 1.54) is 11.8 Å². The Morgan fingerprint density at radius 1 is 1.08 bits per heavy atom. The Balaban J connectivity index is 1.86. The molecule has 0 radical (unpaired) electrons. The van der Waals surface area contributed by atoms with Crippen molar-refractivity contribution in [1.82, 2.24) is 10.3 Å². The van der Waals surface area contributed by atoms with Gasteiger partial charge in [-0.2, -0.15) is 24.4 Å². The molecule has 0 spiro atoms. The molecule has 5 N–H and O–H groups in total. The highest BCUT2D eigenvalue weighted by Crippen LogP contribution is 2.33. The van der Waals surface area contributed by atoms with Crippen molar-refractivity contribution in [1.29, 1.82) is 0 Å². The van der Waals surface area contributed by atoms with E-state index in [9.17, 15) is 14.7 Å². The van der Waals surface area contributed by atoms with Gasteiger partial charge in [0.1, 0.15) is 6.04 Å². The molecule has 3 aromatic rings. The number of anilines is 1. The summed E-state index contributed by atoms with van der Waals surface area (Å²) in [5.41, 5.74) is 10.2. The minimum Gasteiger partial charge on any atom is -0.480 e. The molecule has 0 saturated heterocycles. The number of carbonyl (C=O) groups excluding carboxylic acids is 1. The number of amides is 1. The van der Waals surface area contributed by atoms with Crippen LogP contribution >= 0.6 is 24.4 Å². The normalized spacial score (nSPS) is 12.4. The second-order valence-electron chi connectivity index (χ2n) is 8.31. The summed E-state index contributed by atoms with van der Waals surface area (Å²) in [7, 11) is 0. The van der Waals surface area contributed by atoms with E-state index in [2.05, 4.69) is 23.3 Å². The number of aromatic nitrogens is 1. The number of nitrogens with zero attached hydrogens (tertiary/aromatic N) is 1. The molecule has 196 valence electrons. The summed E-state index contributed by atoms with van der Waals surface area (Å²) in [6.45, 7) is 0.0522. The molecule has 2 aromatic carbocycles. The van der Waals surface area contributed by atoms with E-state index >= 15 is 0 Å². The molecule has 0 fully saturated rings. The van der Waals surface area contributed by atoms with Crippen LogP contribution in [-0.2, 0) is 9.59 Å². The van der Waals surface area contributed by atoms with Crippen molar-refractivity contribution in [2.75, 3.05) is 36.2 Å². The van der Waals surface area contributed by atoms with E-state index in [0.29, 0.717) is 35.9 Å². The van der Waals surface area contributed by atoms with Crippen LogP contribution in [0, 0.1) is 0 Å². The number of carbonyl (C=O) groups is 2. The molecule has 1 aromatic heterocycles. The third-order valence-electron chi connectivity index (χ3n) is 5.52. The maximum Gasteiger partial charge on any atom is 0.326 e. The van der Waals surface area contributed by atoms with Gasteiger partial charge in [-0.25, -0.2) is 9.78 Å². The average Bonchev–Trinajstić information content (AvgIpc) is 2.93. The molecule has 10 heteroatoms. The average molecular weight is 541 g/mol. The Hall–Kier alpha value is -3.21. The minimum absolute atomic E-state index is 0.189. The molecule has 8 nitrogen and oxygen atoms in total. The first kappa shape index (κ1) is 28.4. The van der Waals surface area contributed by atoms with Crippen molar-refractivity contribution in [3.63, 3.8) is 0 Å². The van der Waals surface area contributed by atoms with Gasteiger partial charge in [-0.15, -0.1) is 0 Å². The second-order valence-corrected chi connectivity index (χ2v) is 9.66. The number of hydrogen-bond donors (Lipinski definition) is 5. The lowest BCUT2D eigenvalue weighted by molar-refractivity contribution is -0.142. The largest absolute Gasteiger partial charge is 0.480 e. The number of nitrogens with two attached hydrogens (primary N) is 1. The fourth-order valence-electron chi connectivity index (χ4n) is 3.58. The lowest BCUT2D eigenvalue weighted by Crippen LogP contribution is -2.43. The van der Waals surface area contributed by atoms with Crippen LogP contribution in [0.4, 0.5) is 5.69 Å². The van der Waals surface area contributed by atoms with Crippen LogP contribution < -0.4 is 21.1 Å². The minimum atomic E-state index is -1.08. The molecule has 0 aliphatic heterocycles. The fourth-order valence-corrected chi connectivity index (χ4v) is 4.18. The van der Waals surface area contributed by atoms with Crippen LogP contribution in [-0.4, -0.2) is 65.0 Å². The third-order valence-corrected chi connectivity index (χ3v) is 6.63. The highest BCUT2D eigenvalue weighted by atomic mass is 32.2. The van der Waals surface area contributed by atoms with Crippen LogP contribution in [0.1, 0.15) is 6.42 Å². The Morgan fingerprint density at radius 3 is 2.46 bits per heavy atom. The van der Waals surface area contributed by atoms with Gasteiger partial charge < -0.3 is 26.2 Å². The van der Waals surface area contributed by atoms with E-state index in [0.717, 1.165) is 16.7 Å². The number of aliphatic carboxylic acids is 1. The first-order valence-corrected chi connectivity index (χ1v) is 13.9. The highest BCUT2D eigenvalue weighted by Gasteiger charge is 2.20. The summed E-state index contributed by atoms with van der Waals surface area (Å²) < 4.78 is 5.81. The summed E-state index contributed by atoms with van der Waals surface area (Å²) >= 11 is 5.74. The topological polar surface area (TPSA) is 127 Å². The van der Waals surface area contributed by atoms with Crippen molar-refractivity contribution in [3.05, 3.63) is 66.7 Å².